The number of primary sulfonamides is 1. The summed E-state index contributed by atoms with van der Waals surface area (Å²) in [5.74, 6) is -0.124. The number of nitrogens with one attached hydrogen (secondary N) is 2. The summed E-state index contributed by atoms with van der Waals surface area (Å²) in [6.45, 7) is 0. The predicted molar refractivity (Wildman–Crippen MR) is 82.0 cm³/mol. The minimum atomic E-state index is -3.76. The van der Waals surface area contributed by atoms with Crippen molar-refractivity contribution >= 4 is 33.4 Å². The predicted octanol–water partition coefficient (Wildman–Crippen LogP) is -0.942. The van der Waals surface area contributed by atoms with Crippen molar-refractivity contribution in [3.63, 3.8) is 0 Å². The number of H-pyrrole nitrogens is 1. The van der Waals surface area contributed by atoms with E-state index in [-0.39, 0.29) is 22.6 Å². The fourth-order valence-electron chi connectivity index (χ4n) is 1.53. The number of nitrogens with two attached hydrogens (primary N) is 3. The van der Waals surface area contributed by atoms with Gasteiger partial charge in [-0.2, -0.15) is 9.98 Å². The number of anilines is 2. The van der Waals surface area contributed by atoms with Crippen LogP contribution in [0.1, 0.15) is 0 Å². The van der Waals surface area contributed by atoms with Crippen molar-refractivity contribution in [2.24, 2.45) is 15.9 Å². The topological polar surface area (TPSA) is 182 Å². The molecule has 0 amide bonds. The first kappa shape index (κ1) is 15.5. The highest BCUT2D eigenvalue weighted by molar-refractivity contribution is 7.89. The summed E-state index contributed by atoms with van der Waals surface area (Å²) in [5.41, 5.74) is 11.1. The lowest BCUT2D eigenvalue weighted by Crippen LogP contribution is -2.22. The third-order valence-electron chi connectivity index (χ3n) is 2.43. The van der Waals surface area contributed by atoms with Crippen molar-refractivity contribution in [1.29, 1.82) is 0 Å². The van der Waals surface area contributed by atoms with Crippen LogP contribution >= 0.6 is 0 Å². The van der Waals surface area contributed by atoms with E-state index >= 15 is 0 Å². The largest absolute Gasteiger partial charge is 0.383 e. The van der Waals surface area contributed by atoms with E-state index in [2.05, 4.69) is 20.3 Å². The molecule has 1 heterocycles. The smallest absolute Gasteiger partial charge is 0.254 e. The second-order valence-electron chi connectivity index (χ2n) is 4.19. The highest BCUT2D eigenvalue weighted by atomic mass is 32.2. The lowest BCUT2D eigenvalue weighted by atomic mass is 10.3. The quantitative estimate of drug-likeness (QED) is 0.356. The Hall–Kier alpha value is -2.92. The summed E-state index contributed by atoms with van der Waals surface area (Å²) in [6.07, 6.45) is 0. The number of rotatable bonds is 3. The van der Waals surface area contributed by atoms with Gasteiger partial charge in [0, 0.05) is 11.8 Å². The Labute approximate surface area is 125 Å². The van der Waals surface area contributed by atoms with Crippen molar-refractivity contribution < 1.29 is 8.42 Å². The zero-order valence-corrected chi connectivity index (χ0v) is 12.0. The Morgan fingerprint density at radius 3 is 2.45 bits per heavy atom. The zero-order valence-electron chi connectivity index (χ0n) is 11.1. The molecule has 2 aromatic rings. The summed E-state index contributed by atoms with van der Waals surface area (Å²) in [5, 5.41) is 7.69. The highest BCUT2D eigenvalue weighted by Crippen LogP contribution is 2.12. The van der Waals surface area contributed by atoms with Gasteiger partial charge >= 0.3 is 0 Å². The molecule has 0 unspecified atom stereocenters. The Morgan fingerprint density at radius 1 is 1.27 bits per heavy atom. The maximum Gasteiger partial charge on any atom is 0.254 e. The molecule has 116 valence electrons. The monoisotopic (exact) mass is 323 g/mol. The maximum atomic E-state index is 11.2. The number of nitrogen functional groups attached to an aromatic ring is 1. The Bertz CT molecular complexity index is 871. The second kappa shape index (κ2) is 5.83. The molecule has 0 saturated heterocycles. The normalized spacial score (nSPS) is 12.1. The molecule has 0 radical (unpaired) electrons. The third-order valence-corrected chi connectivity index (χ3v) is 3.36. The summed E-state index contributed by atoms with van der Waals surface area (Å²) in [4.78, 5) is 21.1. The molecule has 22 heavy (non-hydrogen) atoms. The number of benzene rings is 1. The first-order chi connectivity index (χ1) is 10.2. The lowest BCUT2D eigenvalue weighted by molar-refractivity contribution is 0.598. The number of hydrogen-bond acceptors (Lipinski definition) is 6. The molecule has 0 atom stereocenters. The number of sulfonamides is 1. The van der Waals surface area contributed by atoms with Gasteiger partial charge in [0.1, 0.15) is 5.82 Å². The fraction of sp³-hybridized carbons (Fsp3) is 0. The molecular weight excluding hydrogens is 310 g/mol. The van der Waals surface area contributed by atoms with Gasteiger partial charge in [0.15, 0.2) is 0 Å². The van der Waals surface area contributed by atoms with Gasteiger partial charge in [0.2, 0.25) is 21.9 Å². The average Bonchev–Trinajstić information content (AvgIpc) is 2.36. The van der Waals surface area contributed by atoms with Crippen LogP contribution in [-0.2, 0) is 10.0 Å². The molecule has 0 fully saturated rings. The Balaban J connectivity index is 2.19. The van der Waals surface area contributed by atoms with Crippen LogP contribution in [0, 0.1) is 0 Å². The van der Waals surface area contributed by atoms with Gasteiger partial charge in [0.25, 0.3) is 5.56 Å². The SMILES string of the molecule is NC(=Nc1nc(N)cc(=O)[nH]1)Nc1ccc(S(N)(=O)=O)cc1. The van der Waals surface area contributed by atoms with E-state index in [0.717, 1.165) is 6.07 Å². The summed E-state index contributed by atoms with van der Waals surface area (Å²) in [6, 6.07) is 6.64. The molecule has 1 aromatic heterocycles. The molecular formula is C11H13N7O3S. The van der Waals surface area contributed by atoms with Crippen LogP contribution < -0.4 is 27.5 Å². The van der Waals surface area contributed by atoms with Crippen molar-refractivity contribution in [2.45, 2.75) is 4.90 Å². The van der Waals surface area contributed by atoms with Crippen molar-refractivity contribution in [1.82, 2.24) is 9.97 Å². The molecule has 0 bridgehead atoms. The van der Waals surface area contributed by atoms with Crippen LogP contribution in [0.15, 0.2) is 45.0 Å². The first-order valence-electron chi connectivity index (χ1n) is 5.85. The van der Waals surface area contributed by atoms with Gasteiger partial charge in [-0.25, -0.2) is 13.6 Å². The van der Waals surface area contributed by atoms with E-state index in [9.17, 15) is 13.2 Å². The van der Waals surface area contributed by atoms with Gasteiger partial charge in [-0.15, -0.1) is 0 Å². The Morgan fingerprint density at radius 2 is 1.91 bits per heavy atom. The van der Waals surface area contributed by atoms with Crippen molar-refractivity contribution in [3.8, 4) is 0 Å². The molecule has 11 heteroatoms. The van der Waals surface area contributed by atoms with Crippen LogP contribution in [0.2, 0.25) is 0 Å². The van der Waals surface area contributed by atoms with Gasteiger partial charge < -0.3 is 16.8 Å². The van der Waals surface area contributed by atoms with Gasteiger partial charge in [-0.3, -0.25) is 9.78 Å². The lowest BCUT2D eigenvalue weighted by Gasteiger charge is -2.06. The van der Waals surface area contributed by atoms with Crippen LogP contribution in [-0.4, -0.2) is 24.3 Å². The molecule has 8 N–H and O–H groups in total. The molecule has 0 aliphatic carbocycles. The maximum absolute atomic E-state index is 11.2. The molecule has 10 nitrogen and oxygen atoms in total. The molecule has 2 rings (SSSR count). The van der Waals surface area contributed by atoms with Gasteiger partial charge in [-0.1, -0.05) is 0 Å². The number of aliphatic imine (C=N–C) groups is 1. The average molecular weight is 323 g/mol. The van der Waals surface area contributed by atoms with E-state index in [4.69, 9.17) is 16.6 Å². The van der Waals surface area contributed by atoms with Gasteiger partial charge in [-0.05, 0) is 24.3 Å². The molecule has 0 aliphatic heterocycles. The van der Waals surface area contributed by atoms with Crippen LogP contribution in [0.3, 0.4) is 0 Å². The molecule has 0 saturated carbocycles. The first-order valence-corrected chi connectivity index (χ1v) is 7.39. The summed E-state index contributed by atoms with van der Waals surface area (Å²) < 4.78 is 22.3. The molecule has 1 aromatic carbocycles. The molecule has 0 spiro atoms. The highest BCUT2D eigenvalue weighted by Gasteiger charge is 2.07. The number of hydrogen-bond donors (Lipinski definition) is 5. The van der Waals surface area contributed by atoms with E-state index in [1.54, 1.807) is 0 Å². The van der Waals surface area contributed by atoms with Gasteiger partial charge in [0.05, 0.1) is 4.90 Å². The van der Waals surface area contributed by atoms with Crippen molar-refractivity contribution in [3.05, 3.63) is 40.7 Å². The number of aromatic nitrogens is 2. The number of nitrogens with zero attached hydrogens (tertiary/aromatic N) is 2. The standard InChI is InChI=1S/C11H13N7O3S/c12-8-5-9(19)17-11(16-8)18-10(13)15-6-1-3-7(4-2-6)22(14,20)21/h1-5H,(H2,14,20,21)(H6,12,13,15,16,17,18,19). The summed E-state index contributed by atoms with van der Waals surface area (Å²) >= 11 is 0. The van der Waals surface area contributed by atoms with Crippen LogP contribution in [0.25, 0.3) is 0 Å². The van der Waals surface area contributed by atoms with Crippen molar-refractivity contribution in [2.75, 3.05) is 11.1 Å². The number of aromatic amines is 1. The van der Waals surface area contributed by atoms with E-state index in [1.807, 2.05) is 0 Å². The number of guanidine groups is 1. The van der Waals surface area contributed by atoms with E-state index in [0.29, 0.717) is 5.69 Å². The summed E-state index contributed by atoms with van der Waals surface area (Å²) in [7, 11) is -3.76. The second-order valence-corrected chi connectivity index (χ2v) is 5.75. The fourth-order valence-corrected chi connectivity index (χ4v) is 2.05. The molecule has 0 aliphatic rings. The zero-order chi connectivity index (χ0) is 16.3. The van der Waals surface area contributed by atoms with Crippen LogP contribution in [0.4, 0.5) is 17.5 Å². The minimum absolute atomic E-state index is 0.00723. The third kappa shape index (κ3) is 4.04. The minimum Gasteiger partial charge on any atom is -0.383 e. The van der Waals surface area contributed by atoms with E-state index < -0.39 is 15.6 Å². The Kier molecular flexibility index (Phi) is 4.10. The van der Waals surface area contributed by atoms with Crippen LogP contribution in [0.5, 0.6) is 0 Å². The van der Waals surface area contributed by atoms with E-state index in [1.165, 1.54) is 24.3 Å².